The molecule has 6 heteroatoms. The number of amides is 1. The van der Waals surface area contributed by atoms with Crippen molar-refractivity contribution in [2.24, 2.45) is 4.99 Å². The number of para-hydroxylation sites is 2. The first-order chi connectivity index (χ1) is 15.1. The molecule has 0 bridgehead atoms. The molecule has 0 atom stereocenters. The van der Waals surface area contributed by atoms with Gasteiger partial charge in [0.15, 0.2) is 5.17 Å². The third-order valence-corrected chi connectivity index (χ3v) is 6.15. The van der Waals surface area contributed by atoms with Crippen molar-refractivity contribution in [3.05, 3.63) is 71.3 Å². The molecule has 0 aliphatic carbocycles. The number of hydrogen-bond donors (Lipinski definition) is 0. The van der Waals surface area contributed by atoms with Crippen LogP contribution >= 0.6 is 11.8 Å². The highest BCUT2D eigenvalue weighted by Gasteiger charge is 2.33. The van der Waals surface area contributed by atoms with E-state index in [1.807, 2.05) is 55.5 Å². The molecular formula is C25H27N3O2S. The Balaban J connectivity index is 1.72. The van der Waals surface area contributed by atoms with E-state index in [1.54, 1.807) is 4.90 Å². The lowest BCUT2D eigenvalue weighted by atomic mass is 10.1. The van der Waals surface area contributed by atoms with Crippen molar-refractivity contribution in [3.63, 3.8) is 0 Å². The quantitative estimate of drug-likeness (QED) is 0.346. The maximum absolute atomic E-state index is 13.3. The number of thioether (sulfide) groups is 1. The van der Waals surface area contributed by atoms with Crippen LogP contribution in [0.15, 0.2) is 70.7 Å². The molecule has 4 rings (SSSR count). The van der Waals surface area contributed by atoms with Gasteiger partial charge >= 0.3 is 0 Å². The van der Waals surface area contributed by atoms with Crippen LogP contribution in [0.2, 0.25) is 0 Å². The predicted molar refractivity (Wildman–Crippen MR) is 130 cm³/mol. The van der Waals surface area contributed by atoms with Crippen molar-refractivity contribution in [1.82, 2.24) is 9.47 Å². The van der Waals surface area contributed by atoms with Crippen LogP contribution in [-0.4, -0.2) is 40.3 Å². The first-order valence-corrected chi connectivity index (χ1v) is 11.4. The number of hydrogen-bond acceptors (Lipinski definition) is 4. The van der Waals surface area contributed by atoms with Crippen LogP contribution < -0.4 is 0 Å². The molecule has 160 valence electrons. The van der Waals surface area contributed by atoms with Crippen molar-refractivity contribution < 1.29 is 9.53 Å². The van der Waals surface area contributed by atoms with Gasteiger partial charge in [-0.1, -0.05) is 36.4 Å². The van der Waals surface area contributed by atoms with E-state index >= 15 is 0 Å². The Morgan fingerprint density at radius 1 is 1.10 bits per heavy atom. The first kappa shape index (κ1) is 21.4. The number of fused-ring (bicyclic) bond motifs is 1. The van der Waals surface area contributed by atoms with Gasteiger partial charge in [-0.3, -0.25) is 9.69 Å². The largest absolute Gasteiger partial charge is 0.380 e. The monoisotopic (exact) mass is 433 g/mol. The van der Waals surface area contributed by atoms with Gasteiger partial charge in [-0.15, -0.1) is 0 Å². The summed E-state index contributed by atoms with van der Waals surface area (Å²) in [5, 5.41) is 1.83. The maximum Gasteiger partial charge on any atom is 0.266 e. The Hall–Kier alpha value is -2.83. The smallest absolute Gasteiger partial charge is 0.266 e. The molecule has 1 aromatic heterocycles. The summed E-state index contributed by atoms with van der Waals surface area (Å²) in [4.78, 5) is 20.4. The van der Waals surface area contributed by atoms with Gasteiger partial charge in [0.2, 0.25) is 0 Å². The molecule has 5 nitrogen and oxygen atoms in total. The minimum atomic E-state index is -0.0271. The zero-order chi connectivity index (χ0) is 21.8. The highest BCUT2D eigenvalue weighted by Crippen LogP contribution is 2.36. The van der Waals surface area contributed by atoms with E-state index in [0.29, 0.717) is 35.9 Å². The summed E-state index contributed by atoms with van der Waals surface area (Å²) < 4.78 is 7.75. The van der Waals surface area contributed by atoms with Gasteiger partial charge in [-0.2, -0.15) is 0 Å². The summed E-state index contributed by atoms with van der Waals surface area (Å²) in [6.45, 7) is 7.87. The van der Waals surface area contributed by atoms with Gasteiger partial charge in [0.25, 0.3) is 5.91 Å². The summed E-state index contributed by atoms with van der Waals surface area (Å²) in [5.74, 6) is -0.0271. The molecule has 1 fully saturated rings. The van der Waals surface area contributed by atoms with Crippen LogP contribution in [0.25, 0.3) is 17.0 Å². The number of nitrogens with zero attached hydrogens (tertiary/aromatic N) is 3. The summed E-state index contributed by atoms with van der Waals surface area (Å²) in [5.41, 5.74) is 3.05. The molecule has 1 amide bonds. The van der Waals surface area contributed by atoms with E-state index < -0.39 is 0 Å². The van der Waals surface area contributed by atoms with E-state index in [0.717, 1.165) is 16.6 Å². The average molecular weight is 434 g/mol. The van der Waals surface area contributed by atoms with E-state index in [-0.39, 0.29) is 5.91 Å². The highest BCUT2D eigenvalue weighted by atomic mass is 32.2. The number of ether oxygens (including phenoxy) is 1. The van der Waals surface area contributed by atoms with Crippen LogP contribution in [0, 0.1) is 0 Å². The van der Waals surface area contributed by atoms with Crippen LogP contribution in [0.4, 0.5) is 5.69 Å². The number of carbonyl (C=O) groups is 1. The second-order valence-electron chi connectivity index (χ2n) is 7.60. The molecule has 2 heterocycles. The Kier molecular flexibility index (Phi) is 6.59. The van der Waals surface area contributed by atoms with Gasteiger partial charge in [0, 0.05) is 35.3 Å². The number of benzene rings is 2. The second-order valence-corrected chi connectivity index (χ2v) is 8.61. The Bertz CT molecular complexity index is 1130. The third kappa shape index (κ3) is 4.60. The number of amidine groups is 1. The minimum Gasteiger partial charge on any atom is -0.380 e. The minimum absolute atomic E-state index is 0.0271. The highest BCUT2D eigenvalue weighted by molar-refractivity contribution is 8.18. The average Bonchev–Trinajstić information content (AvgIpc) is 3.28. The van der Waals surface area contributed by atoms with Gasteiger partial charge in [-0.25, -0.2) is 4.99 Å². The fourth-order valence-corrected chi connectivity index (χ4v) is 4.63. The predicted octanol–water partition coefficient (Wildman–Crippen LogP) is 5.86. The Labute approximate surface area is 187 Å². The molecule has 1 aliphatic rings. The Morgan fingerprint density at radius 3 is 2.58 bits per heavy atom. The van der Waals surface area contributed by atoms with Crippen molar-refractivity contribution in [2.75, 3.05) is 19.8 Å². The van der Waals surface area contributed by atoms with Gasteiger partial charge < -0.3 is 9.30 Å². The molecule has 1 saturated heterocycles. The normalized spacial score (nSPS) is 17.0. The van der Waals surface area contributed by atoms with Crippen LogP contribution in [-0.2, 0) is 9.53 Å². The molecule has 0 spiro atoms. The molecular weight excluding hydrogens is 406 g/mol. The number of aromatic nitrogens is 1. The van der Waals surface area contributed by atoms with E-state index in [1.165, 1.54) is 17.3 Å². The van der Waals surface area contributed by atoms with Crippen molar-refractivity contribution >= 4 is 45.5 Å². The van der Waals surface area contributed by atoms with Crippen molar-refractivity contribution in [2.45, 2.75) is 26.8 Å². The fraction of sp³-hybridized carbons (Fsp3) is 0.280. The van der Waals surface area contributed by atoms with Crippen LogP contribution in [0.3, 0.4) is 0 Å². The Morgan fingerprint density at radius 2 is 1.84 bits per heavy atom. The molecule has 0 radical (unpaired) electrons. The lowest BCUT2D eigenvalue weighted by Gasteiger charge is -2.15. The van der Waals surface area contributed by atoms with Gasteiger partial charge in [-0.05, 0) is 56.8 Å². The zero-order valence-corrected chi connectivity index (χ0v) is 18.9. The summed E-state index contributed by atoms with van der Waals surface area (Å²) in [6.07, 6.45) is 4.13. The van der Waals surface area contributed by atoms with E-state index in [9.17, 15) is 4.79 Å². The maximum atomic E-state index is 13.3. The lowest BCUT2D eigenvalue weighted by molar-refractivity contribution is -0.122. The van der Waals surface area contributed by atoms with E-state index in [2.05, 4.69) is 36.7 Å². The summed E-state index contributed by atoms with van der Waals surface area (Å²) >= 11 is 1.42. The number of aliphatic imine (C=N–C) groups is 1. The molecule has 2 aromatic carbocycles. The first-order valence-electron chi connectivity index (χ1n) is 10.6. The SMILES string of the molecule is CCOCCN1C(=O)/C(=C/c2cn(C(C)C)c3ccccc23)SC1=Nc1ccccc1. The molecule has 0 saturated carbocycles. The number of rotatable bonds is 7. The molecule has 3 aromatic rings. The molecule has 0 N–H and O–H groups in total. The van der Waals surface area contributed by atoms with Crippen LogP contribution in [0.1, 0.15) is 32.4 Å². The number of carbonyl (C=O) groups excluding carboxylic acids is 1. The second kappa shape index (κ2) is 9.54. The standard InChI is InChI=1S/C25H27N3O2S/c1-4-30-15-14-27-24(29)23(31-25(27)26-20-10-6-5-7-11-20)16-19-17-28(18(2)3)22-13-9-8-12-21(19)22/h5-13,16-18H,4,14-15H2,1-3H3/b23-16-,26-25?. The van der Waals surface area contributed by atoms with Gasteiger partial charge in [0.1, 0.15) is 0 Å². The summed E-state index contributed by atoms with van der Waals surface area (Å²) in [7, 11) is 0. The third-order valence-electron chi connectivity index (χ3n) is 5.15. The topological polar surface area (TPSA) is 46.8 Å². The van der Waals surface area contributed by atoms with Gasteiger partial charge in [0.05, 0.1) is 23.7 Å². The van der Waals surface area contributed by atoms with Crippen molar-refractivity contribution in [3.8, 4) is 0 Å². The molecule has 0 unspecified atom stereocenters. The lowest BCUT2D eigenvalue weighted by Crippen LogP contribution is -2.32. The summed E-state index contributed by atoms with van der Waals surface area (Å²) in [6, 6.07) is 18.4. The molecule has 1 aliphatic heterocycles. The molecule has 31 heavy (non-hydrogen) atoms. The zero-order valence-electron chi connectivity index (χ0n) is 18.1. The van der Waals surface area contributed by atoms with Crippen LogP contribution in [0.5, 0.6) is 0 Å². The van der Waals surface area contributed by atoms with Crippen molar-refractivity contribution in [1.29, 1.82) is 0 Å². The van der Waals surface area contributed by atoms with E-state index in [4.69, 9.17) is 9.73 Å². The fourth-order valence-electron chi connectivity index (χ4n) is 3.62.